The summed E-state index contributed by atoms with van der Waals surface area (Å²) in [5.41, 5.74) is 2.60. The van der Waals surface area contributed by atoms with Crippen LogP contribution in [0.4, 0.5) is 4.39 Å². The summed E-state index contributed by atoms with van der Waals surface area (Å²) in [5.74, 6) is -0.230. The van der Waals surface area contributed by atoms with Crippen LogP contribution >= 0.6 is 22.6 Å². The van der Waals surface area contributed by atoms with Crippen LogP contribution in [-0.4, -0.2) is 16.4 Å². The molecule has 0 N–H and O–H groups in total. The molecule has 1 aliphatic heterocycles. The van der Waals surface area contributed by atoms with Crippen LogP contribution in [0, 0.1) is 9.39 Å². The number of halogens is 2. The number of fused-ring (bicyclic) bond motifs is 1. The number of ether oxygens (including phenoxy) is 1. The van der Waals surface area contributed by atoms with Crippen LogP contribution in [0.25, 0.3) is 11.3 Å². The molecule has 5 heteroatoms. The smallest absolute Gasteiger partial charge is 0.155 e. The number of hydrogen-bond acceptors (Lipinski definition) is 2. The van der Waals surface area contributed by atoms with Gasteiger partial charge in [-0.15, -0.1) is 0 Å². The second-order valence-corrected chi connectivity index (χ2v) is 6.15. The van der Waals surface area contributed by atoms with Gasteiger partial charge in [-0.05, 0) is 60.7 Å². The lowest BCUT2D eigenvalue weighted by atomic mass is 10.1. The molecule has 0 atom stereocenters. The van der Waals surface area contributed by atoms with Crippen LogP contribution in [0.5, 0.6) is 0 Å². The molecule has 1 aromatic heterocycles. The van der Waals surface area contributed by atoms with Gasteiger partial charge in [0.1, 0.15) is 11.5 Å². The molecule has 0 bridgehead atoms. The van der Waals surface area contributed by atoms with Crippen molar-refractivity contribution in [2.24, 2.45) is 0 Å². The maximum absolute atomic E-state index is 13.0. The first-order valence-electron chi connectivity index (χ1n) is 6.17. The number of hydrogen-bond donors (Lipinski definition) is 0. The van der Waals surface area contributed by atoms with Crippen molar-refractivity contribution < 1.29 is 9.13 Å². The molecule has 1 aromatic carbocycles. The van der Waals surface area contributed by atoms with Gasteiger partial charge in [-0.1, -0.05) is 0 Å². The van der Waals surface area contributed by atoms with Crippen LogP contribution in [0.2, 0.25) is 0 Å². The molecule has 0 saturated heterocycles. The van der Waals surface area contributed by atoms with Gasteiger partial charge < -0.3 is 4.74 Å². The summed E-state index contributed by atoms with van der Waals surface area (Å²) in [6.07, 6.45) is 0.857. The lowest BCUT2D eigenvalue weighted by Gasteiger charge is -2.32. The standard InChI is InChI=1S/C14H14FIN2O/c1-14(2)18-11(7-8-19-14)12(16)13(17-18)9-3-5-10(15)6-4-9/h3-6H,7-8H2,1-2H3. The number of benzene rings is 1. The van der Waals surface area contributed by atoms with Crippen molar-refractivity contribution in [3.63, 3.8) is 0 Å². The molecule has 3 rings (SSSR count). The van der Waals surface area contributed by atoms with Crippen molar-refractivity contribution in [1.82, 2.24) is 9.78 Å². The highest BCUT2D eigenvalue weighted by molar-refractivity contribution is 14.1. The first-order chi connectivity index (χ1) is 8.99. The Hall–Kier alpha value is -0.950. The Balaban J connectivity index is 2.14. The third kappa shape index (κ3) is 2.18. The van der Waals surface area contributed by atoms with E-state index in [1.807, 2.05) is 18.5 Å². The Morgan fingerprint density at radius 3 is 2.63 bits per heavy atom. The predicted molar refractivity (Wildman–Crippen MR) is 79.3 cm³/mol. The second kappa shape index (κ2) is 4.56. The van der Waals surface area contributed by atoms with Gasteiger partial charge in [-0.25, -0.2) is 9.07 Å². The molecule has 19 heavy (non-hydrogen) atoms. The van der Waals surface area contributed by atoms with Crippen LogP contribution in [0.1, 0.15) is 19.5 Å². The van der Waals surface area contributed by atoms with E-state index in [0.29, 0.717) is 6.61 Å². The molecule has 3 nitrogen and oxygen atoms in total. The van der Waals surface area contributed by atoms with Gasteiger partial charge in [0.2, 0.25) is 0 Å². The number of rotatable bonds is 1. The predicted octanol–water partition coefficient (Wildman–Crippen LogP) is 3.56. The summed E-state index contributed by atoms with van der Waals surface area (Å²) < 4.78 is 21.8. The Morgan fingerprint density at radius 2 is 2.00 bits per heavy atom. The first-order valence-corrected chi connectivity index (χ1v) is 7.25. The van der Waals surface area contributed by atoms with Gasteiger partial charge in [0.15, 0.2) is 5.72 Å². The van der Waals surface area contributed by atoms with Gasteiger partial charge in [0.05, 0.1) is 15.9 Å². The molecular weight excluding hydrogens is 358 g/mol. The van der Waals surface area contributed by atoms with Crippen LogP contribution < -0.4 is 0 Å². The summed E-state index contributed by atoms with van der Waals surface area (Å²) in [6, 6.07) is 6.45. The van der Waals surface area contributed by atoms with Crippen molar-refractivity contribution in [1.29, 1.82) is 0 Å². The third-order valence-corrected chi connectivity index (χ3v) is 4.47. The highest BCUT2D eigenvalue weighted by Gasteiger charge is 2.32. The average molecular weight is 372 g/mol. The molecule has 1 aliphatic rings. The fraction of sp³-hybridized carbons (Fsp3) is 0.357. The molecule has 0 saturated carbocycles. The van der Waals surface area contributed by atoms with Crippen LogP contribution in [-0.2, 0) is 16.9 Å². The van der Waals surface area contributed by atoms with Crippen LogP contribution in [0.15, 0.2) is 24.3 Å². The van der Waals surface area contributed by atoms with E-state index < -0.39 is 5.72 Å². The molecule has 0 amide bonds. The molecular formula is C14H14FIN2O. The number of aromatic nitrogens is 2. The van der Waals surface area contributed by atoms with E-state index in [-0.39, 0.29) is 5.82 Å². The van der Waals surface area contributed by atoms with E-state index in [2.05, 4.69) is 27.7 Å². The van der Waals surface area contributed by atoms with E-state index in [9.17, 15) is 4.39 Å². The molecule has 0 unspecified atom stereocenters. The second-order valence-electron chi connectivity index (χ2n) is 5.07. The van der Waals surface area contributed by atoms with E-state index in [1.54, 1.807) is 12.1 Å². The van der Waals surface area contributed by atoms with Gasteiger partial charge in [0, 0.05) is 12.0 Å². The zero-order chi connectivity index (χ0) is 13.6. The van der Waals surface area contributed by atoms with Crippen LogP contribution in [0.3, 0.4) is 0 Å². The highest BCUT2D eigenvalue weighted by atomic mass is 127. The third-order valence-electron chi connectivity index (χ3n) is 3.34. The van der Waals surface area contributed by atoms with Gasteiger partial charge >= 0.3 is 0 Å². The summed E-state index contributed by atoms with van der Waals surface area (Å²) in [6.45, 7) is 4.72. The summed E-state index contributed by atoms with van der Waals surface area (Å²) in [7, 11) is 0. The minimum absolute atomic E-state index is 0.230. The number of nitrogens with zero attached hydrogens (tertiary/aromatic N) is 2. The highest BCUT2D eigenvalue weighted by Crippen LogP contribution is 2.33. The van der Waals surface area contributed by atoms with Crippen molar-refractivity contribution in [2.45, 2.75) is 26.0 Å². The Labute approximate surface area is 124 Å². The maximum atomic E-state index is 13.0. The molecule has 2 heterocycles. The summed E-state index contributed by atoms with van der Waals surface area (Å²) in [5, 5.41) is 4.66. The van der Waals surface area contributed by atoms with E-state index in [1.165, 1.54) is 17.8 Å². The van der Waals surface area contributed by atoms with Crippen molar-refractivity contribution in [3.8, 4) is 11.3 Å². The maximum Gasteiger partial charge on any atom is 0.155 e. The van der Waals surface area contributed by atoms with Crippen molar-refractivity contribution in [3.05, 3.63) is 39.3 Å². The summed E-state index contributed by atoms with van der Waals surface area (Å²) in [4.78, 5) is 0. The van der Waals surface area contributed by atoms with Crippen molar-refractivity contribution >= 4 is 22.6 Å². The van der Waals surface area contributed by atoms with E-state index in [0.717, 1.165) is 21.2 Å². The topological polar surface area (TPSA) is 27.1 Å². The normalized spacial score (nSPS) is 17.3. The van der Waals surface area contributed by atoms with E-state index >= 15 is 0 Å². The average Bonchev–Trinajstić information content (AvgIpc) is 2.70. The minimum Gasteiger partial charge on any atom is -0.354 e. The molecule has 0 spiro atoms. The van der Waals surface area contributed by atoms with Gasteiger partial charge in [-0.2, -0.15) is 5.10 Å². The fourth-order valence-electron chi connectivity index (χ4n) is 2.35. The molecule has 2 aromatic rings. The molecule has 0 fully saturated rings. The fourth-order valence-corrected chi connectivity index (χ4v) is 3.26. The lowest BCUT2D eigenvalue weighted by Crippen LogP contribution is -2.37. The minimum atomic E-state index is -0.425. The molecule has 0 radical (unpaired) electrons. The monoisotopic (exact) mass is 372 g/mol. The van der Waals surface area contributed by atoms with Gasteiger partial charge in [0.25, 0.3) is 0 Å². The summed E-state index contributed by atoms with van der Waals surface area (Å²) >= 11 is 2.32. The molecule has 0 aliphatic carbocycles. The zero-order valence-corrected chi connectivity index (χ0v) is 12.9. The quantitative estimate of drug-likeness (QED) is 0.716. The Bertz CT molecular complexity index is 619. The SMILES string of the molecule is CC1(C)OCCc2c(I)c(-c3ccc(F)cc3)nn21. The Morgan fingerprint density at radius 1 is 1.32 bits per heavy atom. The van der Waals surface area contributed by atoms with Crippen molar-refractivity contribution in [2.75, 3.05) is 6.61 Å². The zero-order valence-electron chi connectivity index (χ0n) is 10.8. The van der Waals surface area contributed by atoms with E-state index in [4.69, 9.17) is 4.74 Å². The first kappa shape index (κ1) is 13.1. The molecule has 100 valence electrons. The van der Waals surface area contributed by atoms with Gasteiger partial charge in [-0.3, -0.25) is 0 Å². The Kier molecular flexibility index (Phi) is 3.13. The largest absolute Gasteiger partial charge is 0.354 e. The lowest BCUT2D eigenvalue weighted by molar-refractivity contribution is -0.104.